The van der Waals surface area contributed by atoms with E-state index in [1.54, 1.807) is 22.3 Å². The minimum Gasteiger partial charge on any atom is -0.311 e. The topological polar surface area (TPSA) is 6.48 Å². The summed E-state index contributed by atoms with van der Waals surface area (Å²) in [7, 11) is 0. The van der Waals surface area contributed by atoms with Crippen LogP contribution in [0.5, 0.6) is 0 Å². The maximum absolute atomic E-state index is 2.46. The molecule has 0 heterocycles. The van der Waals surface area contributed by atoms with E-state index in [-0.39, 0.29) is 0 Å². The molecule has 2 aliphatic carbocycles. The number of benzene rings is 10. The molecule has 62 heavy (non-hydrogen) atoms. The van der Waals surface area contributed by atoms with Crippen LogP contribution in [0, 0.1) is 0 Å². The van der Waals surface area contributed by atoms with Crippen molar-refractivity contribution >= 4 is 66.4 Å². The summed E-state index contributed by atoms with van der Waals surface area (Å²) in [5, 5.41) is 7.84. The van der Waals surface area contributed by atoms with E-state index in [2.05, 4.69) is 204 Å². The van der Waals surface area contributed by atoms with Crippen molar-refractivity contribution in [3.8, 4) is 22.3 Å². The number of hydrogen-bond donors (Lipinski definition) is 0. The highest BCUT2D eigenvalue weighted by Gasteiger charge is 2.29. The lowest BCUT2D eigenvalue weighted by atomic mass is 9.73. The molecule has 0 fully saturated rings. The number of fused-ring (bicyclic) bond motifs is 2. The Balaban J connectivity index is 0.969. The molecule has 2 nitrogen and oxygen atoms in total. The van der Waals surface area contributed by atoms with Gasteiger partial charge in [0.2, 0.25) is 0 Å². The lowest BCUT2D eigenvalue weighted by Gasteiger charge is -2.32. The summed E-state index contributed by atoms with van der Waals surface area (Å²) >= 11 is 0. The first-order valence-corrected chi connectivity index (χ1v) is 22.6. The van der Waals surface area contributed by atoms with E-state index in [0.717, 1.165) is 31.4 Å². The van der Waals surface area contributed by atoms with Gasteiger partial charge in [0.05, 0.1) is 5.69 Å². The zero-order valence-corrected chi connectivity index (χ0v) is 35.0. The van der Waals surface area contributed by atoms with Gasteiger partial charge in [0.25, 0.3) is 0 Å². The number of rotatable bonds is 8. The fourth-order valence-electron chi connectivity index (χ4n) is 11.1. The van der Waals surface area contributed by atoms with Crippen LogP contribution in [-0.2, 0) is 25.7 Å². The van der Waals surface area contributed by atoms with E-state index < -0.39 is 0 Å². The Kier molecular flexibility index (Phi) is 9.10. The smallest absolute Gasteiger partial charge is 0.0540 e. The lowest BCUT2D eigenvalue weighted by molar-refractivity contribution is 0.662. The van der Waals surface area contributed by atoms with Crippen LogP contribution in [0.25, 0.3) is 54.6 Å². The molecule has 10 aromatic rings. The number of nitrogens with zero attached hydrogens (tertiary/aromatic N) is 2. The maximum atomic E-state index is 2.46. The van der Waals surface area contributed by atoms with Crippen molar-refractivity contribution in [2.45, 2.75) is 51.4 Å². The third kappa shape index (κ3) is 6.16. The van der Waals surface area contributed by atoms with E-state index in [1.807, 2.05) is 0 Å². The second-order valence-electron chi connectivity index (χ2n) is 17.3. The van der Waals surface area contributed by atoms with Gasteiger partial charge in [0.15, 0.2) is 0 Å². The molecule has 0 saturated carbocycles. The van der Waals surface area contributed by atoms with Crippen LogP contribution in [0.1, 0.15) is 47.9 Å². The minimum atomic E-state index is 1.14. The van der Waals surface area contributed by atoms with Crippen molar-refractivity contribution in [1.82, 2.24) is 0 Å². The predicted molar refractivity (Wildman–Crippen MR) is 264 cm³/mol. The molecule has 2 aliphatic rings. The molecular weight excluding hydrogens is 749 g/mol. The van der Waals surface area contributed by atoms with Gasteiger partial charge in [0.1, 0.15) is 0 Å². The SMILES string of the molecule is c1ccc(N(c2ccccc2)c2ccc(-c3c4c(c(-c5ccc(N(c6ccccc6)c6ccc7ccc8cccc9ccc6c7c89)cc5)c5c3CCCC5)CCCC4)cc2)cc1. The van der Waals surface area contributed by atoms with Gasteiger partial charge in [-0.15, -0.1) is 0 Å². The Hall–Kier alpha value is -7.16. The quantitative estimate of drug-likeness (QED) is 0.141. The Bertz CT molecular complexity index is 3110. The summed E-state index contributed by atoms with van der Waals surface area (Å²) in [5.41, 5.74) is 19.2. The van der Waals surface area contributed by atoms with Crippen LogP contribution in [0.3, 0.4) is 0 Å². The minimum absolute atomic E-state index is 1.14. The van der Waals surface area contributed by atoms with Crippen molar-refractivity contribution in [2.75, 3.05) is 9.80 Å². The highest BCUT2D eigenvalue weighted by Crippen LogP contribution is 2.48. The normalized spacial score (nSPS) is 13.6. The van der Waals surface area contributed by atoms with Crippen molar-refractivity contribution in [3.05, 3.63) is 216 Å². The van der Waals surface area contributed by atoms with Crippen molar-refractivity contribution in [1.29, 1.82) is 0 Å². The average Bonchev–Trinajstić information content (AvgIpc) is 3.34. The third-order valence-electron chi connectivity index (χ3n) is 13.8. The van der Waals surface area contributed by atoms with Gasteiger partial charge in [-0.3, -0.25) is 0 Å². The first kappa shape index (κ1) is 36.7. The van der Waals surface area contributed by atoms with Gasteiger partial charge >= 0.3 is 0 Å². The highest BCUT2D eigenvalue weighted by molar-refractivity contribution is 6.25. The average molecular weight is 797 g/mol. The van der Waals surface area contributed by atoms with E-state index in [4.69, 9.17) is 0 Å². The van der Waals surface area contributed by atoms with E-state index in [0.29, 0.717) is 0 Å². The molecule has 10 aromatic carbocycles. The molecular formula is C60H48N2. The van der Waals surface area contributed by atoms with Gasteiger partial charge in [-0.25, -0.2) is 0 Å². The molecule has 0 amide bonds. The summed E-state index contributed by atoms with van der Waals surface area (Å²) in [6, 6.07) is 72.0. The molecule has 0 unspecified atom stereocenters. The number of hydrogen-bond acceptors (Lipinski definition) is 2. The van der Waals surface area contributed by atoms with Crippen LogP contribution in [0.15, 0.2) is 194 Å². The van der Waals surface area contributed by atoms with E-state index in [9.17, 15) is 0 Å². The van der Waals surface area contributed by atoms with Gasteiger partial charge in [-0.2, -0.15) is 0 Å². The van der Waals surface area contributed by atoms with Crippen molar-refractivity contribution in [2.24, 2.45) is 0 Å². The summed E-state index contributed by atoms with van der Waals surface area (Å²) in [4.78, 5) is 4.83. The van der Waals surface area contributed by atoms with Gasteiger partial charge in [0, 0.05) is 33.8 Å². The largest absolute Gasteiger partial charge is 0.311 e. The molecule has 0 aliphatic heterocycles. The second kappa shape index (κ2) is 15.4. The van der Waals surface area contributed by atoms with Gasteiger partial charge in [-0.1, -0.05) is 127 Å². The molecule has 298 valence electrons. The van der Waals surface area contributed by atoms with Crippen LogP contribution in [-0.4, -0.2) is 0 Å². The monoisotopic (exact) mass is 796 g/mol. The highest BCUT2D eigenvalue weighted by atomic mass is 15.1. The second-order valence-corrected chi connectivity index (χ2v) is 17.3. The standard InChI is InChI=1S/C60H48N2/c1-4-17-46(18-5-1)61(47-19-6-2-7-20-47)49-35-29-43(30-36-49)58-51-23-10-12-25-53(51)59(54-26-13-11-24-52(54)58)44-31-37-50(38-32-44)62(48-21-8-3-9-22-48)56-40-34-45-28-27-41-15-14-16-42-33-39-55(56)60(45)57(41)42/h1-9,14-22,27-40H,10-13,23-26H2. The fourth-order valence-corrected chi connectivity index (χ4v) is 11.1. The van der Waals surface area contributed by atoms with E-state index in [1.165, 1.54) is 109 Å². The van der Waals surface area contributed by atoms with Gasteiger partial charge in [-0.05, 0) is 190 Å². The summed E-state index contributed by atoms with van der Waals surface area (Å²) in [6.07, 6.45) is 9.54. The number of para-hydroxylation sites is 3. The van der Waals surface area contributed by atoms with Crippen molar-refractivity contribution in [3.63, 3.8) is 0 Å². The molecule has 2 heteroatoms. The third-order valence-corrected chi connectivity index (χ3v) is 13.8. The Morgan fingerprint density at radius 2 is 0.645 bits per heavy atom. The molecule has 0 aromatic heterocycles. The maximum Gasteiger partial charge on any atom is 0.0540 e. The zero-order chi connectivity index (χ0) is 41.0. The molecule has 0 bridgehead atoms. The lowest BCUT2D eigenvalue weighted by Crippen LogP contribution is -2.16. The van der Waals surface area contributed by atoms with E-state index >= 15 is 0 Å². The molecule has 0 atom stereocenters. The first-order chi connectivity index (χ1) is 30.8. The van der Waals surface area contributed by atoms with Crippen LogP contribution in [0.4, 0.5) is 34.1 Å². The van der Waals surface area contributed by atoms with Crippen LogP contribution in [0.2, 0.25) is 0 Å². The first-order valence-electron chi connectivity index (χ1n) is 22.6. The molecule has 12 rings (SSSR count). The summed E-state index contributed by atoms with van der Waals surface area (Å²) in [6.45, 7) is 0. The number of anilines is 6. The van der Waals surface area contributed by atoms with Crippen LogP contribution < -0.4 is 9.80 Å². The Morgan fingerprint density at radius 1 is 0.274 bits per heavy atom. The van der Waals surface area contributed by atoms with Crippen LogP contribution >= 0.6 is 0 Å². The summed E-state index contributed by atoms with van der Waals surface area (Å²) < 4.78 is 0. The molecule has 0 spiro atoms. The molecule has 0 N–H and O–H groups in total. The Morgan fingerprint density at radius 3 is 1.11 bits per heavy atom. The zero-order valence-electron chi connectivity index (χ0n) is 35.0. The molecule has 0 saturated heterocycles. The molecule has 0 radical (unpaired) electrons. The predicted octanol–water partition coefficient (Wildman–Crippen LogP) is 16.6. The van der Waals surface area contributed by atoms with Crippen molar-refractivity contribution < 1.29 is 0 Å². The van der Waals surface area contributed by atoms with Gasteiger partial charge < -0.3 is 9.80 Å². The summed E-state index contributed by atoms with van der Waals surface area (Å²) in [5.74, 6) is 0. The fraction of sp³-hybridized carbons (Fsp3) is 0.133. The Labute approximate surface area is 364 Å².